The van der Waals surface area contributed by atoms with Crippen LogP contribution in [0.15, 0.2) is 30.3 Å². The Bertz CT molecular complexity index is 936. The molecule has 0 N–H and O–H groups in total. The summed E-state index contributed by atoms with van der Waals surface area (Å²) in [5, 5.41) is 13.5. The summed E-state index contributed by atoms with van der Waals surface area (Å²) in [6, 6.07) is 9.13. The van der Waals surface area contributed by atoms with Crippen molar-refractivity contribution in [3.05, 3.63) is 64.7 Å². The molecular weight excluding hydrogens is 343 g/mol. The molecule has 1 aromatic carbocycles. The van der Waals surface area contributed by atoms with Gasteiger partial charge in [0.2, 0.25) is 0 Å². The lowest BCUT2D eigenvalue weighted by Crippen LogP contribution is -2.34. The van der Waals surface area contributed by atoms with Gasteiger partial charge < -0.3 is 4.57 Å². The number of benzene rings is 1. The minimum Gasteiger partial charge on any atom is -0.312 e. The molecule has 0 unspecified atom stereocenters. The fraction of sp³-hybridized carbons (Fsp3) is 0.450. The van der Waals surface area contributed by atoms with Crippen molar-refractivity contribution in [2.45, 2.75) is 51.9 Å². The molecule has 0 aliphatic carbocycles. The predicted octanol–water partition coefficient (Wildman–Crippen LogP) is 2.56. The molecule has 0 amide bonds. The van der Waals surface area contributed by atoms with Crippen LogP contribution in [0.5, 0.6) is 0 Å². The van der Waals surface area contributed by atoms with Crippen LogP contribution in [0.3, 0.4) is 0 Å². The van der Waals surface area contributed by atoms with Gasteiger partial charge in [-0.1, -0.05) is 18.2 Å². The molecule has 7 heteroatoms. The van der Waals surface area contributed by atoms with E-state index < -0.39 is 0 Å². The SMILES string of the molecule is Fc1ccccc1Cc1nnc2n1CCN(Cc1cc3n(n1)CCCC3)C2. The normalized spacial score (nSPS) is 16.9. The Labute approximate surface area is 157 Å². The Balaban J connectivity index is 1.29. The number of aryl methyl sites for hydroxylation is 2. The molecule has 6 nitrogen and oxygen atoms in total. The van der Waals surface area contributed by atoms with Crippen molar-refractivity contribution in [1.29, 1.82) is 0 Å². The number of hydrogen-bond acceptors (Lipinski definition) is 4. The Morgan fingerprint density at radius 1 is 1.04 bits per heavy atom. The minimum atomic E-state index is -0.184. The quantitative estimate of drug-likeness (QED) is 0.712. The molecule has 2 aromatic heterocycles. The van der Waals surface area contributed by atoms with Crippen molar-refractivity contribution in [2.75, 3.05) is 6.54 Å². The molecule has 27 heavy (non-hydrogen) atoms. The minimum absolute atomic E-state index is 0.184. The Hall–Kier alpha value is -2.54. The van der Waals surface area contributed by atoms with E-state index in [-0.39, 0.29) is 5.82 Å². The summed E-state index contributed by atoms with van der Waals surface area (Å²) in [6.07, 6.45) is 4.11. The van der Waals surface area contributed by atoms with E-state index in [1.807, 2.05) is 12.1 Å². The van der Waals surface area contributed by atoms with E-state index in [2.05, 4.69) is 30.4 Å². The van der Waals surface area contributed by atoms with E-state index in [1.54, 1.807) is 6.07 Å². The smallest absolute Gasteiger partial charge is 0.147 e. The van der Waals surface area contributed by atoms with Crippen molar-refractivity contribution in [3.63, 3.8) is 0 Å². The molecule has 3 aromatic rings. The highest BCUT2D eigenvalue weighted by Gasteiger charge is 2.23. The maximum atomic E-state index is 13.9. The van der Waals surface area contributed by atoms with Crippen LogP contribution in [0.25, 0.3) is 0 Å². The lowest BCUT2D eigenvalue weighted by atomic mass is 10.1. The van der Waals surface area contributed by atoms with Crippen LogP contribution < -0.4 is 0 Å². The largest absolute Gasteiger partial charge is 0.312 e. The van der Waals surface area contributed by atoms with E-state index in [9.17, 15) is 4.39 Å². The van der Waals surface area contributed by atoms with Gasteiger partial charge in [0.25, 0.3) is 0 Å². The molecule has 0 spiro atoms. The summed E-state index contributed by atoms with van der Waals surface area (Å²) in [4.78, 5) is 2.37. The molecule has 0 saturated heterocycles. The van der Waals surface area contributed by atoms with E-state index in [4.69, 9.17) is 5.10 Å². The van der Waals surface area contributed by atoms with Gasteiger partial charge in [-0.2, -0.15) is 5.10 Å². The molecule has 2 aliphatic heterocycles. The number of aromatic nitrogens is 5. The van der Waals surface area contributed by atoms with Gasteiger partial charge in [0.1, 0.15) is 17.5 Å². The second-order valence-corrected chi connectivity index (χ2v) is 7.47. The molecule has 140 valence electrons. The van der Waals surface area contributed by atoms with E-state index in [1.165, 1.54) is 24.6 Å². The maximum Gasteiger partial charge on any atom is 0.147 e. The zero-order valence-corrected chi connectivity index (χ0v) is 15.3. The highest BCUT2D eigenvalue weighted by Crippen LogP contribution is 2.20. The predicted molar refractivity (Wildman–Crippen MR) is 98.5 cm³/mol. The van der Waals surface area contributed by atoms with Gasteiger partial charge in [-0.25, -0.2) is 4.39 Å². The molecular formula is C20H23FN6. The average Bonchev–Trinajstić information content (AvgIpc) is 3.27. The topological polar surface area (TPSA) is 51.8 Å². The third-order valence-corrected chi connectivity index (χ3v) is 5.57. The highest BCUT2D eigenvalue weighted by atomic mass is 19.1. The zero-order chi connectivity index (χ0) is 18.2. The van der Waals surface area contributed by atoms with Crippen LogP contribution in [-0.2, 0) is 39.0 Å². The van der Waals surface area contributed by atoms with Gasteiger partial charge in [0.05, 0.1) is 12.2 Å². The second-order valence-electron chi connectivity index (χ2n) is 7.47. The third kappa shape index (κ3) is 3.27. The molecule has 5 rings (SSSR count). The number of rotatable bonds is 4. The molecule has 2 aliphatic rings. The standard InChI is InChI=1S/C20H23FN6/c21-18-7-2-1-5-15(18)11-19-22-23-20-14-25(9-10-26(19)20)13-16-12-17-6-3-4-8-27(17)24-16/h1-2,5,7,12H,3-4,6,8-11,13-14H2. The van der Waals surface area contributed by atoms with Crippen LogP contribution >= 0.6 is 0 Å². The summed E-state index contributed by atoms with van der Waals surface area (Å²) in [5.41, 5.74) is 3.17. The number of hydrogen-bond donors (Lipinski definition) is 0. The van der Waals surface area contributed by atoms with E-state index >= 15 is 0 Å². The first-order valence-electron chi connectivity index (χ1n) is 9.68. The monoisotopic (exact) mass is 366 g/mol. The molecule has 4 heterocycles. The van der Waals surface area contributed by atoms with Gasteiger partial charge in [-0.3, -0.25) is 9.58 Å². The molecule has 0 fully saturated rings. The van der Waals surface area contributed by atoms with Gasteiger partial charge in [-0.05, 0) is 37.0 Å². The van der Waals surface area contributed by atoms with Crippen LogP contribution in [-0.4, -0.2) is 36.0 Å². The van der Waals surface area contributed by atoms with Gasteiger partial charge in [-0.15, -0.1) is 10.2 Å². The number of halogens is 1. The van der Waals surface area contributed by atoms with Crippen LogP contribution in [0.2, 0.25) is 0 Å². The second kappa shape index (κ2) is 6.88. The van der Waals surface area contributed by atoms with Gasteiger partial charge in [0.15, 0.2) is 0 Å². The summed E-state index contributed by atoms with van der Waals surface area (Å²) >= 11 is 0. The summed E-state index contributed by atoms with van der Waals surface area (Å²) in [7, 11) is 0. The van der Waals surface area contributed by atoms with Crippen molar-refractivity contribution >= 4 is 0 Å². The number of nitrogens with zero attached hydrogens (tertiary/aromatic N) is 6. The maximum absolute atomic E-state index is 13.9. The summed E-state index contributed by atoms with van der Waals surface area (Å²) < 4.78 is 18.2. The fourth-order valence-electron chi connectivity index (χ4n) is 4.13. The van der Waals surface area contributed by atoms with Crippen LogP contribution in [0, 0.1) is 5.82 Å². The first kappa shape index (κ1) is 16.6. The highest BCUT2D eigenvalue weighted by molar-refractivity contribution is 5.21. The summed E-state index contributed by atoms with van der Waals surface area (Å²) in [6.45, 7) is 4.40. The first-order chi connectivity index (χ1) is 13.3. The Kier molecular flexibility index (Phi) is 4.24. The lowest BCUT2D eigenvalue weighted by molar-refractivity contribution is 0.204. The average molecular weight is 366 g/mol. The Morgan fingerprint density at radius 3 is 2.85 bits per heavy atom. The molecule has 0 bridgehead atoms. The van der Waals surface area contributed by atoms with Gasteiger partial charge in [0, 0.05) is 38.3 Å². The van der Waals surface area contributed by atoms with Crippen molar-refractivity contribution < 1.29 is 4.39 Å². The van der Waals surface area contributed by atoms with E-state index in [0.29, 0.717) is 12.0 Å². The summed E-state index contributed by atoms with van der Waals surface area (Å²) in [5.74, 6) is 1.61. The molecule has 0 saturated carbocycles. The molecule has 0 radical (unpaired) electrons. The Morgan fingerprint density at radius 2 is 1.96 bits per heavy atom. The lowest BCUT2D eigenvalue weighted by Gasteiger charge is -2.27. The van der Waals surface area contributed by atoms with Crippen LogP contribution in [0.1, 0.15) is 41.4 Å². The van der Waals surface area contributed by atoms with E-state index in [0.717, 1.165) is 56.5 Å². The van der Waals surface area contributed by atoms with Crippen LogP contribution in [0.4, 0.5) is 4.39 Å². The number of fused-ring (bicyclic) bond motifs is 2. The third-order valence-electron chi connectivity index (χ3n) is 5.57. The van der Waals surface area contributed by atoms with Crippen molar-refractivity contribution in [3.8, 4) is 0 Å². The molecule has 0 atom stereocenters. The fourth-order valence-corrected chi connectivity index (χ4v) is 4.13. The van der Waals surface area contributed by atoms with Gasteiger partial charge >= 0.3 is 0 Å². The van der Waals surface area contributed by atoms with Crippen molar-refractivity contribution in [2.24, 2.45) is 0 Å². The van der Waals surface area contributed by atoms with Crippen molar-refractivity contribution in [1.82, 2.24) is 29.4 Å². The first-order valence-corrected chi connectivity index (χ1v) is 9.68. The zero-order valence-electron chi connectivity index (χ0n) is 15.3.